The van der Waals surface area contributed by atoms with E-state index >= 15 is 0 Å². The highest BCUT2D eigenvalue weighted by atomic mass is 19.1. The number of halogens is 3. The van der Waals surface area contributed by atoms with Gasteiger partial charge >= 0.3 is 0 Å². The summed E-state index contributed by atoms with van der Waals surface area (Å²) in [6, 6.07) is 1.81. The van der Waals surface area contributed by atoms with E-state index in [9.17, 15) is 13.2 Å². The Bertz CT molecular complexity index is 396. The van der Waals surface area contributed by atoms with Crippen LogP contribution in [-0.4, -0.2) is 9.97 Å². The van der Waals surface area contributed by atoms with Gasteiger partial charge in [-0.1, -0.05) is 0 Å². The first-order valence-electron chi connectivity index (χ1n) is 3.17. The molecule has 2 rings (SSSR count). The number of nitrogens with zero attached hydrogens (tertiary/aromatic N) is 1. The number of imidazole rings is 1. The molecule has 0 spiro atoms. The molecular weight excluding hydrogens is 169 g/mol. The predicted molar refractivity (Wildman–Crippen MR) is 36.0 cm³/mol. The molecule has 2 aromatic rings. The molecule has 0 aliphatic carbocycles. The lowest BCUT2D eigenvalue weighted by Gasteiger charge is -1.90. The number of H-pyrrole nitrogens is 1. The lowest BCUT2D eigenvalue weighted by Crippen LogP contribution is -1.81. The molecule has 0 saturated carbocycles. The van der Waals surface area contributed by atoms with Gasteiger partial charge in [0.25, 0.3) is 6.08 Å². The van der Waals surface area contributed by atoms with Crippen molar-refractivity contribution in [1.29, 1.82) is 0 Å². The second-order valence-corrected chi connectivity index (χ2v) is 2.28. The van der Waals surface area contributed by atoms with Crippen LogP contribution in [0.4, 0.5) is 13.2 Å². The first kappa shape index (κ1) is 7.15. The van der Waals surface area contributed by atoms with E-state index in [0.717, 1.165) is 12.1 Å². The van der Waals surface area contributed by atoms with Gasteiger partial charge in [-0.2, -0.15) is 9.37 Å². The van der Waals surface area contributed by atoms with Crippen LogP contribution in [-0.2, 0) is 0 Å². The topological polar surface area (TPSA) is 28.7 Å². The SMILES string of the molecule is Fc1nc2c(F)ccc(F)c2[nH]1. The Balaban J connectivity index is 2.93. The number of rotatable bonds is 0. The zero-order chi connectivity index (χ0) is 8.72. The number of hydrogen-bond acceptors (Lipinski definition) is 1. The Hall–Kier alpha value is -1.52. The van der Waals surface area contributed by atoms with Crippen molar-refractivity contribution in [2.75, 3.05) is 0 Å². The molecule has 12 heavy (non-hydrogen) atoms. The molecule has 0 saturated heterocycles. The van der Waals surface area contributed by atoms with E-state index in [2.05, 4.69) is 4.98 Å². The van der Waals surface area contributed by atoms with Crippen LogP contribution in [0.15, 0.2) is 12.1 Å². The van der Waals surface area contributed by atoms with Crippen LogP contribution in [0.2, 0.25) is 0 Å². The van der Waals surface area contributed by atoms with E-state index in [-0.39, 0.29) is 11.0 Å². The average molecular weight is 172 g/mol. The summed E-state index contributed by atoms with van der Waals surface area (Å²) in [5.74, 6) is -1.46. The second-order valence-electron chi connectivity index (χ2n) is 2.28. The van der Waals surface area contributed by atoms with Crippen LogP contribution in [0, 0.1) is 17.7 Å². The normalized spacial score (nSPS) is 10.9. The number of aromatic amines is 1. The van der Waals surface area contributed by atoms with Gasteiger partial charge in [-0.25, -0.2) is 8.78 Å². The molecule has 0 aliphatic heterocycles. The van der Waals surface area contributed by atoms with Crippen LogP contribution in [0.25, 0.3) is 11.0 Å². The Labute approximate surface area is 65.0 Å². The highest BCUT2D eigenvalue weighted by Gasteiger charge is 2.10. The minimum Gasteiger partial charge on any atom is -0.311 e. The first-order chi connectivity index (χ1) is 5.68. The zero-order valence-corrected chi connectivity index (χ0v) is 5.74. The Morgan fingerprint density at radius 1 is 1.08 bits per heavy atom. The zero-order valence-electron chi connectivity index (χ0n) is 5.74. The first-order valence-corrected chi connectivity index (χ1v) is 3.17. The van der Waals surface area contributed by atoms with Crippen molar-refractivity contribution in [2.45, 2.75) is 0 Å². The van der Waals surface area contributed by atoms with Gasteiger partial charge in [0, 0.05) is 0 Å². The molecule has 62 valence electrons. The molecule has 0 bridgehead atoms. The lowest BCUT2D eigenvalue weighted by atomic mass is 10.3. The molecule has 2 nitrogen and oxygen atoms in total. The standard InChI is InChI=1S/C7H3F3N2/c8-3-1-2-4(9)6-5(3)11-7(10)12-6/h1-2H,(H,11,12). The predicted octanol–water partition coefficient (Wildman–Crippen LogP) is 1.98. The summed E-state index contributed by atoms with van der Waals surface area (Å²) in [5, 5.41) is 0. The average Bonchev–Trinajstić information content (AvgIpc) is 2.41. The number of nitrogens with one attached hydrogen (secondary N) is 1. The van der Waals surface area contributed by atoms with Crippen LogP contribution in [0.5, 0.6) is 0 Å². The van der Waals surface area contributed by atoms with Crippen LogP contribution in [0.1, 0.15) is 0 Å². The molecule has 1 N–H and O–H groups in total. The summed E-state index contributed by atoms with van der Waals surface area (Å²) in [5.41, 5.74) is -0.556. The van der Waals surface area contributed by atoms with Gasteiger partial charge in [0.05, 0.1) is 0 Å². The summed E-state index contributed by atoms with van der Waals surface area (Å²) < 4.78 is 37.9. The lowest BCUT2D eigenvalue weighted by molar-refractivity contribution is 0.552. The molecule has 0 atom stereocenters. The number of aromatic nitrogens is 2. The van der Waals surface area contributed by atoms with Crippen molar-refractivity contribution in [2.24, 2.45) is 0 Å². The van der Waals surface area contributed by atoms with E-state index in [1.54, 1.807) is 0 Å². The monoisotopic (exact) mass is 172 g/mol. The summed E-state index contributed by atoms with van der Waals surface area (Å²) >= 11 is 0. The van der Waals surface area contributed by atoms with E-state index in [4.69, 9.17) is 0 Å². The number of hydrogen-bond donors (Lipinski definition) is 1. The maximum atomic E-state index is 12.8. The fourth-order valence-corrected chi connectivity index (χ4v) is 0.999. The van der Waals surface area contributed by atoms with Gasteiger partial charge in [-0.3, -0.25) is 0 Å². The van der Waals surface area contributed by atoms with Crippen LogP contribution < -0.4 is 0 Å². The van der Waals surface area contributed by atoms with E-state index in [1.807, 2.05) is 4.98 Å². The van der Waals surface area contributed by atoms with Crippen LogP contribution in [0.3, 0.4) is 0 Å². The Morgan fingerprint density at radius 2 is 1.75 bits per heavy atom. The van der Waals surface area contributed by atoms with Gasteiger partial charge in [-0.15, -0.1) is 0 Å². The molecule has 0 radical (unpaired) electrons. The highest BCUT2D eigenvalue weighted by molar-refractivity contribution is 5.75. The molecule has 5 heteroatoms. The van der Waals surface area contributed by atoms with Crippen molar-refractivity contribution < 1.29 is 13.2 Å². The highest BCUT2D eigenvalue weighted by Crippen LogP contribution is 2.17. The summed E-state index contributed by atoms with van der Waals surface area (Å²) in [6.07, 6.45) is -0.992. The quantitative estimate of drug-likeness (QED) is 0.646. The van der Waals surface area contributed by atoms with E-state index < -0.39 is 17.7 Å². The summed E-state index contributed by atoms with van der Waals surface area (Å²) in [4.78, 5) is 5.11. The maximum absolute atomic E-state index is 12.8. The minimum atomic E-state index is -0.992. The smallest absolute Gasteiger partial charge is 0.287 e. The summed E-state index contributed by atoms with van der Waals surface area (Å²) in [7, 11) is 0. The van der Waals surface area contributed by atoms with Gasteiger partial charge < -0.3 is 4.98 Å². The van der Waals surface area contributed by atoms with Crippen LogP contribution >= 0.6 is 0 Å². The Morgan fingerprint density at radius 3 is 2.42 bits per heavy atom. The van der Waals surface area contributed by atoms with Gasteiger partial charge in [0.2, 0.25) is 0 Å². The molecule has 0 aliphatic rings. The minimum absolute atomic E-state index is 0.243. The van der Waals surface area contributed by atoms with E-state index in [0.29, 0.717) is 0 Å². The molecule has 0 fully saturated rings. The van der Waals surface area contributed by atoms with Gasteiger partial charge in [0.1, 0.15) is 16.9 Å². The molecule has 1 aromatic heterocycles. The number of benzene rings is 1. The molecule has 0 unspecified atom stereocenters. The molecular formula is C7H3F3N2. The van der Waals surface area contributed by atoms with Crippen molar-refractivity contribution in [3.8, 4) is 0 Å². The molecule has 1 aromatic carbocycles. The van der Waals surface area contributed by atoms with Crippen molar-refractivity contribution >= 4 is 11.0 Å². The van der Waals surface area contributed by atoms with Gasteiger partial charge in [0.15, 0.2) is 5.82 Å². The van der Waals surface area contributed by atoms with E-state index in [1.165, 1.54) is 0 Å². The fourth-order valence-electron chi connectivity index (χ4n) is 0.999. The third-order valence-electron chi connectivity index (χ3n) is 1.52. The number of fused-ring (bicyclic) bond motifs is 1. The second kappa shape index (κ2) is 2.23. The summed E-state index contributed by atoms with van der Waals surface area (Å²) in [6.45, 7) is 0. The third kappa shape index (κ3) is 0.861. The van der Waals surface area contributed by atoms with Crippen molar-refractivity contribution in [3.63, 3.8) is 0 Å². The molecule has 0 amide bonds. The van der Waals surface area contributed by atoms with Crippen molar-refractivity contribution in [3.05, 3.63) is 29.8 Å². The van der Waals surface area contributed by atoms with Crippen molar-refractivity contribution in [1.82, 2.24) is 9.97 Å². The fraction of sp³-hybridized carbons (Fsp3) is 0. The largest absolute Gasteiger partial charge is 0.311 e. The maximum Gasteiger partial charge on any atom is 0.287 e. The third-order valence-corrected chi connectivity index (χ3v) is 1.52. The molecule has 1 heterocycles. The van der Waals surface area contributed by atoms with Gasteiger partial charge in [-0.05, 0) is 12.1 Å². The Kier molecular flexibility index (Phi) is 1.33.